The van der Waals surface area contributed by atoms with Crippen molar-refractivity contribution >= 4 is 22.6 Å². The van der Waals surface area contributed by atoms with Gasteiger partial charge >= 0.3 is 12.1 Å². The van der Waals surface area contributed by atoms with Crippen molar-refractivity contribution in [1.82, 2.24) is 24.9 Å². The Bertz CT molecular complexity index is 781. The smallest absolute Gasteiger partial charge is 0.329 e. The van der Waals surface area contributed by atoms with Crippen molar-refractivity contribution < 1.29 is 17.7 Å². The molecule has 0 spiro atoms. The first kappa shape index (κ1) is 14.9. The Kier molecular flexibility index (Phi) is 3.85. The molecule has 22 heavy (non-hydrogen) atoms. The third-order valence-electron chi connectivity index (χ3n) is 2.68. The standard InChI is InChI=1S/C12H7F3IN5O/c13-12(14,15)11-19-10(20-22-11)7-1-2-9(17-3-7)6-21-5-8(16)4-18-21/h1-5H,6H2. The number of alkyl halides is 3. The molecule has 0 atom stereocenters. The van der Waals surface area contributed by atoms with Gasteiger partial charge in [-0.2, -0.15) is 23.3 Å². The summed E-state index contributed by atoms with van der Waals surface area (Å²) < 4.78 is 44.1. The second kappa shape index (κ2) is 5.66. The molecule has 0 radical (unpaired) electrons. The van der Waals surface area contributed by atoms with Crippen LogP contribution in [0.4, 0.5) is 13.2 Å². The van der Waals surface area contributed by atoms with Crippen molar-refractivity contribution in [3.05, 3.63) is 45.9 Å². The lowest BCUT2D eigenvalue weighted by atomic mass is 10.2. The number of hydrogen-bond acceptors (Lipinski definition) is 5. The molecule has 0 aromatic carbocycles. The Hall–Kier alpha value is -1.98. The molecule has 10 heteroatoms. The van der Waals surface area contributed by atoms with Crippen molar-refractivity contribution in [1.29, 1.82) is 0 Å². The van der Waals surface area contributed by atoms with E-state index >= 15 is 0 Å². The predicted molar refractivity (Wildman–Crippen MR) is 76.6 cm³/mol. The fourth-order valence-electron chi connectivity index (χ4n) is 1.70. The zero-order valence-corrected chi connectivity index (χ0v) is 12.9. The molecule has 0 N–H and O–H groups in total. The van der Waals surface area contributed by atoms with Crippen LogP contribution in [0.5, 0.6) is 0 Å². The van der Waals surface area contributed by atoms with Crippen LogP contribution in [0, 0.1) is 3.57 Å². The molecular weight excluding hydrogens is 414 g/mol. The summed E-state index contributed by atoms with van der Waals surface area (Å²) in [7, 11) is 0. The Morgan fingerprint density at radius 2 is 2.05 bits per heavy atom. The molecule has 0 unspecified atom stereocenters. The highest BCUT2D eigenvalue weighted by Crippen LogP contribution is 2.29. The van der Waals surface area contributed by atoms with Crippen LogP contribution in [-0.4, -0.2) is 24.9 Å². The highest BCUT2D eigenvalue weighted by molar-refractivity contribution is 14.1. The molecule has 0 aliphatic rings. The van der Waals surface area contributed by atoms with Gasteiger partial charge in [0.05, 0.1) is 22.0 Å². The fourth-order valence-corrected chi connectivity index (χ4v) is 2.14. The van der Waals surface area contributed by atoms with E-state index < -0.39 is 12.1 Å². The van der Waals surface area contributed by atoms with Crippen LogP contribution in [-0.2, 0) is 12.7 Å². The third kappa shape index (κ3) is 3.26. The summed E-state index contributed by atoms with van der Waals surface area (Å²) in [4.78, 5) is 7.47. The highest BCUT2D eigenvalue weighted by Gasteiger charge is 2.38. The number of hydrogen-bond donors (Lipinski definition) is 0. The molecule has 0 bridgehead atoms. The molecule has 3 aromatic heterocycles. The van der Waals surface area contributed by atoms with E-state index in [4.69, 9.17) is 0 Å². The lowest BCUT2D eigenvalue weighted by Crippen LogP contribution is -2.05. The first-order valence-corrected chi connectivity index (χ1v) is 7.04. The first-order chi connectivity index (χ1) is 10.4. The van der Waals surface area contributed by atoms with Gasteiger partial charge in [0, 0.05) is 18.0 Å². The van der Waals surface area contributed by atoms with Crippen LogP contribution in [0.3, 0.4) is 0 Å². The Morgan fingerprint density at radius 3 is 2.59 bits per heavy atom. The first-order valence-electron chi connectivity index (χ1n) is 5.96. The number of pyridine rings is 1. The topological polar surface area (TPSA) is 69.6 Å². The van der Waals surface area contributed by atoms with Crippen LogP contribution in [0.1, 0.15) is 11.6 Å². The number of halogens is 4. The van der Waals surface area contributed by atoms with Gasteiger partial charge in [0.2, 0.25) is 5.82 Å². The monoisotopic (exact) mass is 421 g/mol. The maximum absolute atomic E-state index is 12.4. The quantitative estimate of drug-likeness (QED) is 0.609. The molecule has 0 saturated heterocycles. The van der Waals surface area contributed by atoms with Crippen LogP contribution in [0.25, 0.3) is 11.4 Å². The van der Waals surface area contributed by atoms with Crippen LogP contribution in [0.2, 0.25) is 0 Å². The second-order valence-electron chi connectivity index (χ2n) is 4.32. The lowest BCUT2D eigenvalue weighted by Gasteiger charge is -2.01. The van der Waals surface area contributed by atoms with Gasteiger partial charge in [-0.15, -0.1) is 0 Å². The van der Waals surface area contributed by atoms with E-state index in [1.807, 2.05) is 6.20 Å². The van der Waals surface area contributed by atoms with Crippen molar-refractivity contribution in [3.63, 3.8) is 0 Å². The minimum Gasteiger partial charge on any atom is -0.329 e. The van der Waals surface area contributed by atoms with E-state index in [2.05, 4.69) is 47.3 Å². The molecule has 0 fully saturated rings. The predicted octanol–water partition coefficient (Wildman–Crippen LogP) is 3.00. The van der Waals surface area contributed by atoms with Gasteiger partial charge in [-0.25, -0.2) is 0 Å². The number of rotatable bonds is 3. The van der Waals surface area contributed by atoms with E-state index in [0.717, 1.165) is 3.57 Å². The van der Waals surface area contributed by atoms with E-state index in [-0.39, 0.29) is 5.82 Å². The minimum absolute atomic E-state index is 0.153. The summed E-state index contributed by atoms with van der Waals surface area (Å²) in [6, 6.07) is 3.26. The average Bonchev–Trinajstić information content (AvgIpc) is 3.08. The average molecular weight is 421 g/mol. The van der Waals surface area contributed by atoms with Crippen molar-refractivity contribution in [2.45, 2.75) is 12.7 Å². The van der Waals surface area contributed by atoms with E-state index in [0.29, 0.717) is 17.8 Å². The summed E-state index contributed by atoms with van der Waals surface area (Å²) in [5, 5.41) is 7.43. The molecule has 6 nitrogen and oxygen atoms in total. The number of aromatic nitrogens is 5. The maximum atomic E-state index is 12.4. The van der Waals surface area contributed by atoms with Crippen LogP contribution >= 0.6 is 22.6 Å². The largest absolute Gasteiger partial charge is 0.471 e. The molecule has 0 amide bonds. The van der Waals surface area contributed by atoms with Gasteiger partial charge in [-0.1, -0.05) is 5.16 Å². The summed E-state index contributed by atoms with van der Waals surface area (Å²) in [6.07, 6.45) is 0.308. The Balaban J connectivity index is 1.78. The van der Waals surface area contributed by atoms with Crippen LogP contribution in [0.15, 0.2) is 35.2 Å². The molecule has 3 rings (SSSR count). The third-order valence-corrected chi connectivity index (χ3v) is 3.23. The SMILES string of the molecule is FC(F)(F)c1nc(-c2ccc(Cn3cc(I)cn3)nc2)no1. The summed E-state index contributed by atoms with van der Waals surface area (Å²) in [5.74, 6) is -1.53. The molecule has 0 aliphatic carbocycles. The molecule has 3 aromatic rings. The summed E-state index contributed by atoms with van der Waals surface area (Å²) >= 11 is 2.14. The molecular formula is C12H7F3IN5O. The van der Waals surface area contributed by atoms with Crippen molar-refractivity contribution in [3.8, 4) is 11.4 Å². The molecule has 0 aliphatic heterocycles. The van der Waals surface area contributed by atoms with Gasteiger partial charge in [0.15, 0.2) is 0 Å². The van der Waals surface area contributed by atoms with Gasteiger partial charge in [-0.05, 0) is 34.7 Å². The molecule has 0 saturated carbocycles. The van der Waals surface area contributed by atoms with Gasteiger partial charge in [-0.3, -0.25) is 9.67 Å². The van der Waals surface area contributed by atoms with Crippen LogP contribution < -0.4 is 0 Å². The second-order valence-corrected chi connectivity index (χ2v) is 5.56. The highest BCUT2D eigenvalue weighted by atomic mass is 127. The zero-order valence-electron chi connectivity index (χ0n) is 10.8. The maximum Gasteiger partial charge on any atom is 0.471 e. The fraction of sp³-hybridized carbons (Fsp3) is 0.167. The molecule has 3 heterocycles. The Morgan fingerprint density at radius 1 is 1.23 bits per heavy atom. The van der Waals surface area contributed by atoms with Gasteiger partial charge in [0.1, 0.15) is 0 Å². The summed E-state index contributed by atoms with van der Waals surface area (Å²) in [5.41, 5.74) is 1.06. The van der Waals surface area contributed by atoms with Gasteiger partial charge in [0.25, 0.3) is 0 Å². The van der Waals surface area contributed by atoms with E-state index in [1.165, 1.54) is 6.20 Å². The van der Waals surface area contributed by atoms with Crippen molar-refractivity contribution in [2.24, 2.45) is 0 Å². The summed E-state index contributed by atoms with van der Waals surface area (Å²) in [6.45, 7) is 0.462. The molecule has 114 valence electrons. The van der Waals surface area contributed by atoms with E-state index in [1.54, 1.807) is 23.0 Å². The van der Waals surface area contributed by atoms with Crippen molar-refractivity contribution in [2.75, 3.05) is 0 Å². The van der Waals surface area contributed by atoms with E-state index in [9.17, 15) is 13.2 Å². The lowest BCUT2D eigenvalue weighted by molar-refractivity contribution is -0.159. The zero-order chi connectivity index (χ0) is 15.7. The Labute approximate surface area is 135 Å². The minimum atomic E-state index is -4.66. The normalized spacial score (nSPS) is 11.8. The van der Waals surface area contributed by atoms with Gasteiger partial charge < -0.3 is 4.52 Å². The number of nitrogens with zero attached hydrogens (tertiary/aromatic N) is 5.